The first-order chi connectivity index (χ1) is 37.5. The van der Waals surface area contributed by atoms with Crippen LogP contribution in [-0.2, 0) is 38.5 Å². The molecule has 0 saturated heterocycles. The van der Waals surface area contributed by atoms with Gasteiger partial charge in [-0.3, -0.25) is 15.3 Å². The van der Waals surface area contributed by atoms with E-state index in [1.165, 1.54) is 122 Å². The normalized spacial score (nSPS) is 43.2. The van der Waals surface area contributed by atoms with Crippen molar-refractivity contribution < 1.29 is 15.3 Å². The number of aliphatic hydroxyl groups is 3. The van der Waals surface area contributed by atoms with Crippen LogP contribution < -0.4 is 5.73 Å². The molecule has 0 unspecified atom stereocenters. The fourth-order valence-electron chi connectivity index (χ4n) is 21.3. The van der Waals surface area contributed by atoms with Gasteiger partial charge in [0.05, 0.1) is 18.6 Å². The van der Waals surface area contributed by atoms with E-state index in [4.69, 9.17) is 5.73 Å². The molecule has 0 aromatic carbocycles. The van der Waals surface area contributed by atoms with Crippen molar-refractivity contribution in [2.24, 2.45) is 115 Å². The van der Waals surface area contributed by atoms with E-state index in [0.717, 1.165) is 81.7 Å². The third-order valence-electron chi connectivity index (χ3n) is 26.6. The first-order valence-electron chi connectivity index (χ1n) is 31.7. The first kappa shape index (κ1) is 59.0. The Labute approximate surface area is 477 Å². The van der Waals surface area contributed by atoms with Gasteiger partial charge in [0.15, 0.2) is 0 Å². The minimum Gasteiger partial charge on any atom is -0.396 e. The summed E-state index contributed by atoms with van der Waals surface area (Å²) in [6.45, 7) is 30.1. The molecule has 3 aromatic rings. The molecule has 8 N–H and O–H groups in total. The van der Waals surface area contributed by atoms with Crippen molar-refractivity contribution in [3.63, 3.8) is 0 Å². The lowest BCUT2D eigenvalue weighted by atomic mass is 9.49. The Bertz CT molecular complexity index is 2600. The van der Waals surface area contributed by atoms with Crippen LogP contribution >= 0.6 is 0 Å². The number of hydrogen-bond donors (Lipinski definition) is 7. The standard InChI is InChI=1S/C23H39N3O.C23H37N3O.C21H33N3O/c2*1-15-6-7-19-18(13-26(4)5)20(8-9-22(15,19)2)23(3)11-16-12-24-25-21(16)10-17(23)14-27;1-13-4-5-17-16(10-22)18(6-7-20(13,17)2)21(3)9-14-11-23-24-19(14)8-15(21)12-25/h12,15,17-20,27H,6-11,13-14H2,1-5H3,(H,24,25);12,17-20,27H,1,6-11,13-14H2,2-5H3,(H,24,25);11,15-18,25H,1,4-10,12,22H2,2-3H3,(H,23,24)/t15-,17+,18-,19-,20-,22+,23-;17-,18+,19+,20+,22-,23+;15-,16+,17+,18+,20-,21+/m011/s1. The maximum Gasteiger partial charge on any atom is 0.0522 e. The van der Waals surface area contributed by atoms with Crippen LogP contribution in [0.25, 0.3) is 0 Å². The summed E-state index contributed by atoms with van der Waals surface area (Å²) in [4.78, 5) is 4.80. The van der Waals surface area contributed by atoms with Gasteiger partial charge in [0.2, 0.25) is 0 Å². The number of allylic oxidation sites excluding steroid dienone is 2. The van der Waals surface area contributed by atoms with Gasteiger partial charge < -0.3 is 30.9 Å². The second-order valence-corrected chi connectivity index (χ2v) is 30.5. The van der Waals surface area contributed by atoms with Crippen LogP contribution in [0.5, 0.6) is 0 Å². The molecule has 9 aliphatic carbocycles. The van der Waals surface area contributed by atoms with E-state index in [0.29, 0.717) is 64.8 Å². The monoisotopic (exact) mass is 1090 g/mol. The molecule has 0 radical (unpaired) electrons. The van der Waals surface area contributed by atoms with Crippen LogP contribution in [0.1, 0.15) is 159 Å². The molecule has 0 spiro atoms. The number of nitrogens with one attached hydrogen (secondary N) is 3. The van der Waals surface area contributed by atoms with Gasteiger partial charge in [-0.05, 0) is 276 Å². The number of aromatic nitrogens is 6. The number of fused-ring (bicyclic) bond motifs is 6. The highest BCUT2D eigenvalue weighted by molar-refractivity contribution is 5.29. The molecule has 3 aromatic heterocycles. The summed E-state index contributed by atoms with van der Waals surface area (Å²) in [5, 5.41) is 53.2. The minimum atomic E-state index is 0.0981. The fraction of sp³-hybridized carbons (Fsp3) is 0.806. The molecule has 6 fully saturated rings. The van der Waals surface area contributed by atoms with Crippen molar-refractivity contribution in [3.8, 4) is 0 Å². The maximum absolute atomic E-state index is 10.3. The van der Waals surface area contributed by atoms with Gasteiger partial charge in [-0.15, -0.1) is 0 Å². The summed E-state index contributed by atoms with van der Waals surface area (Å²) in [6.07, 6.45) is 27.3. The molecule has 12 heteroatoms. The Morgan fingerprint density at radius 2 is 0.861 bits per heavy atom. The summed E-state index contributed by atoms with van der Waals surface area (Å²) in [5.41, 5.74) is 18.6. The van der Waals surface area contributed by atoms with E-state index >= 15 is 0 Å². The molecule has 9 aliphatic rings. The van der Waals surface area contributed by atoms with E-state index in [1.807, 2.05) is 18.6 Å². The number of nitrogens with two attached hydrogens (primary N) is 1. The molecule has 0 bridgehead atoms. The second kappa shape index (κ2) is 22.5. The number of aromatic amines is 3. The van der Waals surface area contributed by atoms with Crippen molar-refractivity contribution in [2.75, 3.05) is 67.6 Å². The predicted octanol–water partition coefficient (Wildman–Crippen LogP) is 10.5. The molecule has 19 atom stereocenters. The molecule has 3 heterocycles. The average Bonchev–Trinajstić information content (AvgIpc) is 4.23. The van der Waals surface area contributed by atoms with Gasteiger partial charge in [-0.25, -0.2) is 0 Å². The quantitative estimate of drug-likeness (QED) is 0.0921. The predicted molar refractivity (Wildman–Crippen MR) is 319 cm³/mol. The van der Waals surface area contributed by atoms with Gasteiger partial charge in [-0.1, -0.05) is 72.8 Å². The van der Waals surface area contributed by atoms with Crippen molar-refractivity contribution in [1.29, 1.82) is 0 Å². The van der Waals surface area contributed by atoms with Crippen molar-refractivity contribution >= 4 is 0 Å². The molecule has 79 heavy (non-hydrogen) atoms. The summed E-state index contributed by atoms with van der Waals surface area (Å²) >= 11 is 0. The minimum absolute atomic E-state index is 0.0981. The molecule has 440 valence electrons. The van der Waals surface area contributed by atoms with Crippen LogP contribution in [0, 0.1) is 109 Å². The van der Waals surface area contributed by atoms with Crippen LogP contribution in [-0.4, -0.2) is 123 Å². The topological polar surface area (TPSA) is 179 Å². The van der Waals surface area contributed by atoms with Gasteiger partial charge in [0.1, 0.15) is 0 Å². The molecule has 6 saturated carbocycles. The van der Waals surface area contributed by atoms with E-state index in [1.54, 1.807) is 0 Å². The number of nitrogens with zero attached hydrogens (tertiary/aromatic N) is 5. The van der Waals surface area contributed by atoms with Crippen LogP contribution in [0.15, 0.2) is 42.9 Å². The number of H-pyrrole nitrogens is 3. The maximum atomic E-state index is 10.3. The van der Waals surface area contributed by atoms with Crippen molar-refractivity contribution in [2.45, 2.75) is 164 Å². The third-order valence-corrected chi connectivity index (χ3v) is 26.6. The third kappa shape index (κ3) is 10.1. The molecular formula is C67H109N9O3. The van der Waals surface area contributed by atoms with Crippen LogP contribution in [0.3, 0.4) is 0 Å². The SMILES string of the molecule is C=C1CC[C@H]2[C@H](CN(C)C)[C@@H]([C@@]3(C)Cc4cn[nH]c4C[C@@H]3CO)CC[C@]12C.C=C1CC[C@H]2[C@H](CN)[C@@H]([C@@]3(C)Cc4cn[nH]c4C[C@@H]3CO)CC[C@]12C.C[C@H]1CC[C@H]2[C@H](CN(C)C)[C@@H]([C@@]3(C)Cc4cn[nH]c4C[C@@H]3CO)CC[C@]12C. The highest BCUT2D eigenvalue weighted by Gasteiger charge is 2.60. The van der Waals surface area contributed by atoms with E-state index in [2.05, 4.69) is 130 Å². The number of rotatable bonds is 11. The van der Waals surface area contributed by atoms with Gasteiger partial charge >= 0.3 is 0 Å². The Hall–Kier alpha value is -3.13. The van der Waals surface area contributed by atoms with Crippen LogP contribution in [0.2, 0.25) is 0 Å². The molecule has 0 aliphatic heterocycles. The lowest BCUT2D eigenvalue weighted by molar-refractivity contribution is -0.0782. The average molecular weight is 1090 g/mol. The van der Waals surface area contributed by atoms with Crippen molar-refractivity contribution in [3.05, 3.63) is 76.7 Å². The van der Waals surface area contributed by atoms with Crippen molar-refractivity contribution in [1.82, 2.24) is 40.4 Å². The van der Waals surface area contributed by atoms with E-state index < -0.39 is 0 Å². The Morgan fingerprint density at radius 3 is 1.24 bits per heavy atom. The molecular weight excluding hydrogens is 979 g/mol. The number of hydrogen-bond acceptors (Lipinski definition) is 9. The summed E-state index contributed by atoms with van der Waals surface area (Å²) < 4.78 is 0. The lowest BCUT2D eigenvalue weighted by Gasteiger charge is -2.57. The summed E-state index contributed by atoms with van der Waals surface area (Å²) in [6, 6.07) is 0. The van der Waals surface area contributed by atoms with Gasteiger partial charge in [0.25, 0.3) is 0 Å². The lowest BCUT2D eigenvalue weighted by Crippen LogP contribution is -2.53. The summed E-state index contributed by atoms with van der Waals surface area (Å²) in [7, 11) is 8.91. The zero-order chi connectivity index (χ0) is 56.6. The highest BCUT2D eigenvalue weighted by atomic mass is 16.3. The van der Waals surface area contributed by atoms with E-state index in [-0.39, 0.29) is 40.8 Å². The smallest absolute Gasteiger partial charge is 0.0522 e. The Kier molecular flexibility index (Phi) is 16.8. The van der Waals surface area contributed by atoms with Gasteiger partial charge in [0, 0.05) is 50.0 Å². The molecule has 12 nitrogen and oxygen atoms in total. The van der Waals surface area contributed by atoms with Gasteiger partial charge in [-0.2, -0.15) is 15.3 Å². The van der Waals surface area contributed by atoms with Crippen LogP contribution in [0.4, 0.5) is 0 Å². The Morgan fingerprint density at radius 1 is 0.506 bits per heavy atom. The highest BCUT2D eigenvalue weighted by Crippen LogP contribution is 2.66. The Balaban J connectivity index is 0.000000134. The first-order valence-corrected chi connectivity index (χ1v) is 31.7. The van der Waals surface area contributed by atoms with E-state index in [9.17, 15) is 15.3 Å². The molecule has 0 amide bonds. The number of aliphatic hydroxyl groups excluding tert-OH is 3. The summed E-state index contributed by atoms with van der Waals surface area (Å²) in [5.74, 6) is 7.84. The second-order valence-electron chi connectivity index (χ2n) is 30.5. The largest absolute Gasteiger partial charge is 0.396 e. The molecule has 12 rings (SSSR count). The fourth-order valence-corrected chi connectivity index (χ4v) is 21.3. The zero-order valence-corrected chi connectivity index (χ0v) is 51.3. The zero-order valence-electron chi connectivity index (χ0n) is 51.3.